The van der Waals surface area contributed by atoms with E-state index in [9.17, 15) is 0 Å². The van der Waals surface area contributed by atoms with Crippen molar-refractivity contribution < 1.29 is 0 Å². The van der Waals surface area contributed by atoms with Gasteiger partial charge in [-0.3, -0.25) is 0 Å². The van der Waals surface area contributed by atoms with E-state index in [1.165, 1.54) is 117 Å². The predicted molar refractivity (Wildman–Crippen MR) is 201 cm³/mol. The van der Waals surface area contributed by atoms with Crippen molar-refractivity contribution in [1.29, 1.82) is 0 Å². The lowest BCUT2D eigenvalue weighted by molar-refractivity contribution is 0.333. The molecule has 0 bridgehead atoms. The number of benzene rings is 5. The highest BCUT2D eigenvalue weighted by Gasteiger charge is 2.41. The SMILES string of the molecule is Cc1cc2c(cc1N(c1ccccc1)c1cc3c(cc1-c1cccc4c1C(C)(C)CCC4(C)C)-c1ccccc1C3(C)C)CCCC2. The number of rotatable bonds is 4. The predicted octanol–water partition coefficient (Wildman–Crippen LogP) is 12.7. The average molecular weight is 616 g/mol. The average Bonchev–Trinajstić information content (AvgIpc) is 3.29. The van der Waals surface area contributed by atoms with E-state index in [0.29, 0.717) is 0 Å². The van der Waals surface area contributed by atoms with Gasteiger partial charge in [-0.15, -0.1) is 0 Å². The number of nitrogens with zero attached hydrogens (tertiary/aromatic N) is 1. The number of hydrogen-bond acceptors (Lipinski definition) is 1. The van der Waals surface area contributed by atoms with E-state index in [0.717, 1.165) is 0 Å². The molecule has 47 heavy (non-hydrogen) atoms. The molecule has 0 N–H and O–H groups in total. The third-order valence-corrected chi connectivity index (χ3v) is 12.0. The van der Waals surface area contributed by atoms with Crippen LogP contribution in [0.15, 0.2) is 97.1 Å². The Morgan fingerprint density at radius 2 is 1.15 bits per heavy atom. The molecule has 0 fully saturated rings. The van der Waals surface area contributed by atoms with Crippen LogP contribution in [0.2, 0.25) is 0 Å². The van der Waals surface area contributed by atoms with Gasteiger partial charge < -0.3 is 4.90 Å². The Morgan fingerprint density at radius 3 is 1.91 bits per heavy atom. The molecular formula is C46H49N. The number of para-hydroxylation sites is 1. The molecule has 5 aromatic carbocycles. The summed E-state index contributed by atoms with van der Waals surface area (Å²) in [5, 5.41) is 0. The molecule has 0 aromatic heterocycles. The first-order valence-corrected chi connectivity index (χ1v) is 17.9. The van der Waals surface area contributed by atoms with Crippen LogP contribution >= 0.6 is 0 Å². The standard InChI is InChI=1S/C46H49N/c1-30-26-31-16-11-12-17-32(31)27-41(30)47(33-18-9-8-10-19-33)42-29-40-36(34-20-13-14-22-38(34)46(40,6)7)28-37(42)35-21-15-23-39-43(35)45(4,5)25-24-44(39,2)3/h8-10,13-15,18-23,26-29H,11-12,16-17,24-25H2,1-7H3. The Labute approximate surface area is 282 Å². The molecule has 238 valence electrons. The van der Waals surface area contributed by atoms with Crippen LogP contribution in [-0.4, -0.2) is 0 Å². The van der Waals surface area contributed by atoms with Gasteiger partial charge in [0.2, 0.25) is 0 Å². The minimum Gasteiger partial charge on any atom is -0.310 e. The largest absolute Gasteiger partial charge is 0.310 e. The summed E-state index contributed by atoms with van der Waals surface area (Å²) in [6, 6.07) is 37.5. The lowest BCUT2D eigenvalue weighted by Gasteiger charge is -2.43. The van der Waals surface area contributed by atoms with E-state index < -0.39 is 0 Å². The van der Waals surface area contributed by atoms with Gasteiger partial charge in [-0.1, -0.05) is 108 Å². The maximum Gasteiger partial charge on any atom is 0.0543 e. The topological polar surface area (TPSA) is 3.24 Å². The van der Waals surface area contributed by atoms with Crippen molar-refractivity contribution in [3.05, 3.63) is 136 Å². The molecule has 1 heteroatoms. The zero-order valence-electron chi connectivity index (χ0n) is 29.4. The molecule has 1 nitrogen and oxygen atoms in total. The van der Waals surface area contributed by atoms with Gasteiger partial charge in [-0.2, -0.15) is 0 Å². The Hall–Kier alpha value is -4.10. The summed E-state index contributed by atoms with van der Waals surface area (Å²) in [4.78, 5) is 2.60. The Balaban J connectivity index is 1.49. The molecule has 3 aliphatic carbocycles. The fraction of sp³-hybridized carbons (Fsp3) is 0.348. The zero-order chi connectivity index (χ0) is 32.7. The van der Waals surface area contributed by atoms with Crippen molar-refractivity contribution >= 4 is 17.1 Å². The van der Waals surface area contributed by atoms with Crippen molar-refractivity contribution in [1.82, 2.24) is 0 Å². The fourth-order valence-electron chi connectivity index (χ4n) is 9.21. The Kier molecular flexibility index (Phi) is 6.89. The van der Waals surface area contributed by atoms with E-state index in [-0.39, 0.29) is 16.2 Å². The van der Waals surface area contributed by atoms with E-state index >= 15 is 0 Å². The molecule has 3 aliphatic rings. The molecule has 8 rings (SSSR count). The quantitative estimate of drug-likeness (QED) is 0.194. The van der Waals surface area contributed by atoms with E-state index in [4.69, 9.17) is 0 Å². The molecule has 0 unspecified atom stereocenters. The van der Waals surface area contributed by atoms with Crippen molar-refractivity contribution in [3.8, 4) is 22.3 Å². The number of anilines is 3. The summed E-state index contributed by atoms with van der Waals surface area (Å²) in [6.07, 6.45) is 7.33. The van der Waals surface area contributed by atoms with Gasteiger partial charge in [0, 0.05) is 22.4 Å². The minimum atomic E-state index is -0.0934. The van der Waals surface area contributed by atoms with Crippen LogP contribution in [0.25, 0.3) is 22.3 Å². The van der Waals surface area contributed by atoms with Crippen LogP contribution < -0.4 is 4.90 Å². The van der Waals surface area contributed by atoms with Crippen molar-refractivity contribution in [2.45, 2.75) is 103 Å². The minimum absolute atomic E-state index is 0.0776. The third kappa shape index (κ3) is 4.72. The molecule has 0 spiro atoms. The van der Waals surface area contributed by atoms with E-state index in [2.05, 4.69) is 150 Å². The maximum atomic E-state index is 2.60. The summed E-state index contributed by atoms with van der Waals surface area (Å²) >= 11 is 0. The zero-order valence-corrected chi connectivity index (χ0v) is 29.4. The lowest BCUT2D eigenvalue weighted by atomic mass is 9.61. The molecule has 0 heterocycles. The van der Waals surface area contributed by atoms with Crippen LogP contribution in [-0.2, 0) is 29.1 Å². The molecular weight excluding hydrogens is 567 g/mol. The first-order chi connectivity index (χ1) is 22.5. The highest BCUT2D eigenvalue weighted by Crippen LogP contribution is 2.56. The van der Waals surface area contributed by atoms with Crippen molar-refractivity contribution in [2.75, 3.05) is 4.90 Å². The molecule has 0 aliphatic heterocycles. The number of aryl methyl sites for hydroxylation is 3. The molecule has 0 radical (unpaired) electrons. The summed E-state index contributed by atoms with van der Waals surface area (Å²) in [5.41, 5.74) is 19.7. The van der Waals surface area contributed by atoms with Crippen LogP contribution in [0.4, 0.5) is 17.1 Å². The summed E-state index contributed by atoms with van der Waals surface area (Å²) in [7, 11) is 0. The molecule has 0 amide bonds. The monoisotopic (exact) mass is 615 g/mol. The summed E-state index contributed by atoms with van der Waals surface area (Å²) < 4.78 is 0. The van der Waals surface area contributed by atoms with Crippen molar-refractivity contribution in [3.63, 3.8) is 0 Å². The first kappa shape index (κ1) is 30.2. The Bertz CT molecular complexity index is 2020. The van der Waals surface area contributed by atoms with Crippen molar-refractivity contribution in [2.24, 2.45) is 0 Å². The van der Waals surface area contributed by atoms with Crippen LogP contribution in [0.3, 0.4) is 0 Å². The van der Waals surface area contributed by atoms with E-state index in [1.807, 2.05) is 0 Å². The lowest BCUT2D eigenvalue weighted by Crippen LogP contribution is -2.34. The van der Waals surface area contributed by atoms with Crippen LogP contribution in [0.1, 0.15) is 106 Å². The van der Waals surface area contributed by atoms with Gasteiger partial charge in [-0.05, 0) is 142 Å². The summed E-state index contributed by atoms with van der Waals surface area (Å²) in [5.74, 6) is 0. The highest BCUT2D eigenvalue weighted by atomic mass is 15.1. The molecule has 0 atom stereocenters. The van der Waals surface area contributed by atoms with Crippen LogP contribution in [0.5, 0.6) is 0 Å². The third-order valence-electron chi connectivity index (χ3n) is 12.0. The van der Waals surface area contributed by atoms with Gasteiger partial charge in [0.1, 0.15) is 0 Å². The molecule has 0 saturated carbocycles. The molecule has 5 aromatic rings. The van der Waals surface area contributed by atoms with Gasteiger partial charge >= 0.3 is 0 Å². The van der Waals surface area contributed by atoms with Gasteiger partial charge in [0.25, 0.3) is 0 Å². The second-order valence-electron chi connectivity index (χ2n) is 16.4. The normalized spacial score (nSPS) is 18.1. The fourth-order valence-corrected chi connectivity index (χ4v) is 9.21. The smallest absolute Gasteiger partial charge is 0.0543 e. The number of fused-ring (bicyclic) bond motifs is 5. The van der Waals surface area contributed by atoms with Crippen LogP contribution in [0, 0.1) is 6.92 Å². The maximum absolute atomic E-state index is 2.60. The summed E-state index contributed by atoms with van der Waals surface area (Å²) in [6.45, 7) is 17.0. The van der Waals surface area contributed by atoms with Gasteiger partial charge in [-0.25, -0.2) is 0 Å². The number of hydrogen-bond donors (Lipinski definition) is 0. The highest BCUT2D eigenvalue weighted by molar-refractivity contribution is 5.96. The Morgan fingerprint density at radius 1 is 0.511 bits per heavy atom. The van der Waals surface area contributed by atoms with Gasteiger partial charge in [0.05, 0.1) is 5.69 Å². The molecule has 0 saturated heterocycles. The van der Waals surface area contributed by atoms with E-state index in [1.54, 1.807) is 0 Å². The second kappa shape index (κ2) is 10.7. The second-order valence-corrected chi connectivity index (χ2v) is 16.4. The van der Waals surface area contributed by atoms with Gasteiger partial charge in [0.15, 0.2) is 0 Å². The first-order valence-electron chi connectivity index (χ1n) is 17.9.